The van der Waals surface area contributed by atoms with E-state index in [1.54, 1.807) is 13.1 Å². The number of hydrogen-bond donors (Lipinski definition) is 2. The van der Waals surface area contributed by atoms with Gasteiger partial charge in [0.25, 0.3) is 5.91 Å². The lowest BCUT2D eigenvalue weighted by atomic mass is 10.1. The molecule has 1 aromatic heterocycles. The van der Waals surface area contributed by atoms with E-state index in [2.05, 4.69) is 16.8 Å². The molecule has 1 rings (SSSR count). The Kier molecular flexibility index (Phi) is 5.14. The summed E-state index contributed by atoms with van der Waals surface area (Å²) in [6.45, 7) is 0.442. The first-order valence-electron chi connectivity index (χ1n) is 5.20. The Hall–Kier alpha value is -1.90. The molecule has 0 aliphatic heterocycles. The van der Waals surface area contributed by atoms with E-state index < -0.39 is 0 Å². The zero-order valence-corrected chi connectivity index (χ0v) is 9.68. The average molecular weight is 233 g/mol. The first-order chi connectivity index (χ1) is 8.20. The minimum atomic E-state index is -0.192. The van der Waals surface area contributed by atoms with Gasteiger partial charge in [-0.25, -0.2) is 0 Å². The number of nitrogens with zero attached hydrogens (tertiary/aromatic N) is 2. The van der Waals surface area contributed by atoms with E-state index in [0.29, 0.717) is 11.1 Å². The van der Waals surface area contributed by atoms with Crippen LogP contribution in [0, 0.1) is 11.8 Å². The highest BCUT2D eigenvalue weighted by molar-refractivity contribution is 5.96. The summed E-state index contributed by atoms with van der Waals surface area (Å²) in [6, 6.07) is 1.61. The highest BCUT2D eigenvalue weighted by atomic mass is 16.3. The van der Waals surface area contributed by atoms with Gasteiger partial charge in [0, 0.05) is 26.0 Å². The number of pyridine rings is 1. The van der Waals surface area contributed by atoms with Crippen LogP contribution in [0.3, 0.4) is 0 Å². The number of hydrogen-bond acceptors (Lipinski definition) is 4. The number of likely N-dealkylation sites (N-methyl/N-ethyl adjacent to an activating group) is 1. The zero-order chi connectivity index (χ0) is 12.7. The molecule has 5 nitrogen and oxygen atoms in total. The maximum absolute atomic E-state index is 12.0. The molecule has 3 N–H and O–H groups in total. The Morgan fingerprint density at radius 1 is 1.65 bits per heavy atom. The highest BCUT2D eigenvalue weighted by Gasteiger charge is 2.14. The van der Waals surface area contributed by atoms with Gasteiger partial charge in [0.2, 0.25) is 0 Å². The Morgan fingerprint density at radius 2 is 2.41 bits per heavy atom. The van der Waals surface area contributed by atoms with Crippen LogP contribution in [0.25, 0.3) is 0 Å². The molecule has 0 aliphatic rings. The van der Waals surface area contributed by atoms with Crippen molar-refractivity contribution in [2.24, 2.45) is 5.73 Å². The number of amides is 1. The van der Waals surface area contributed by atoms with E-state index >= 15 is 0 Å². The molecule has 0 radical (unpaired) electrons. The van der Waals surface area contributed by atoms with Gasteiger partial charge in [-0.05, 0) is 6.07 Å². The van der Waals surface area contributed by atoms with Gasteiger partial charge in [0.1, 0.15) is 0 Å². The van der Waals surface area contributed by atoms with Gasteiger partial charge >= 0.3 is 0 Å². The number of aliphatic hydroxyl groups is 1. The minimum Gasteiger partial charge on any atom is -0.395 e. The van der Waals surface area contributed by atoms with Gasteiger partial charge in [-0.2, -0.15) is 0 Å². The van der Waals surface area contributed by atoms with E-state index in [0.717, 1.165) is 0 Å². The van der Waals surface area contributed by atoms with Crippen LogP contribution in [0.5, 0.6) is 0 Å². The third kappa shape index (κ3) is 3.55. The molecule has 90 valence electrons. The maximum Gasteiger partial charge on any atom is 0.255 e. The van der Waals surface area contributed by atoms with Gasteiger partial charge in [0.05, 0.1) is 24.3 Å². The first-order valence-corrected chi connectivity index (χ1v) is 5.20. The lowest BCUT2D eigenvalue weighted by Gasteiger charge is -2.16. The molecule has 1 aromatic rings. The number of aromatic nitrogens is 1. The van der Waals surface area contributed by atoms with Crippen molar-refractivity contribution >= 4 is 5.91 Å². The number of rotatable bonds is 3. The van der Waals surface area contributed by atoms with Crippen LogP contribution in [-0.2, 0) is 0 Å². The monoisotopic (exact) mass is 233 g/mol. The fraction of sp³-hybridized carbons (Fsp3) is 0.333. The molecule has 1 amide bonds. The van der Waals surface area contributed by atoms with Crippen molar-refractivity contribution in [3.63, 3.8) is 0 Å². The van der Waals surface area contributed by atoms with Gasteiger partial charge in [-0.3, -0.25) is 9.78 Å². The number of aliphatic hydroxyl groups excluding tert-OH is 1. The smallest absolute Gasteiger partial charge is 0.255 e. The summed E-state index contributed by atoms with van der Waals surface area (Å²) < 4.78 is 0. The Bertz CT molecular complexity index is 449. The fourth-order valence-electron chi connectivity index (χ4n) is 1.28. The molecule has 5 heteroatoms. The van der Waals surface area contributed by atoms with Gasteiger partial charge in [0.15, 0.2) is 0 Å². The molecule has 0 saturated heterocycles. The second kappa shape index (κ2) is 6.63. The van der Waals surface area contributed by atoms with E-state index in [9.17, 15) is 4.79 Å². The summed E-state index contributed by atoms with van der Waals surface area (Å²) >= 11 is 0. The quantitative estimate of drug-likeness (QED) is 0.687. The van der Waals surface area contributed by atoms with Crippen LogP contribution >= 0.6 is 0 Å². The molecule has 1 heterocycles. The molecular formula is C12H15N3O2. The Labute approximate surface area is 100 Å². The van der Waals surface area contributed by atoms with E-state index in [1.165, 1.54) is 17.3 Å². The standard InChI is InChI=1S/C12H15N3O2/c1-15(7-8-16)12(17)11-4-6-14-9-10(11)3-2-5-13/h4,6,9,16H,5,7-8,13H2,1H3. The lowest BCUT2D eigenvalue weighted by molar-refractivity contribution is 0.0766. The summed E-state index contributed by atoms with van der Waals surface area (Å²) in [5.41, 5.74) is 6.31. The van der Waals surface area contributed by atoms with Crippen molar-refractivity contribution in [2.75, 3.05) is 26.7 Å². The number of nitrogens with two attached hydrogens (primary N) is 1. The second-order valence-electron chi connectivity index (χ2n) is 3.38. The zero-order valence-electron chi connectivity index (χ0n) is 9.68. The van der Waals surface area contributed by atoms with Crippen molar-refractivity contribution in [3.05, 3.63) is 29.6 Å². The molecule has 0 bridgehead atoms. The van der Waals surface area contributed by atoms with Crippen molar-refractivity contribution in [2.45, 2.75) is 0 Å². The Balaban J connectivity index is 3.00. The molecular weight excluding hydrogens is 218 g/mol. The highest BCUT2D eigenvalue weighted by Crippen LogP contribution is 2.08. The number of carbonyl (C=O) groups excluding carboxylic acids is 1. The normalized spacial score (nSPS) is 9.35. The average Bonchev–Trinajstić information content (AvgIpc) is 2.36. The van der Waals surface area contributed by atoms with Gasteiger partial charge in [-0.1, -0.05) is 11.8 Å². The molecule has 0 saturated carbocycles. The summed E-state index contributed by atoms with van der Waals surface area (Å²) in [5.74, 6) is 5.30. The van der Waals surface area contributed by atoms with Gasteiger partial charge in [-0.15, -0.1) is 0 Å². The second-order valence-corrected chi connectivity index (χ2v) is 3.38. The van der Waals surface area contributed by atoms with Crippen LogP contribution in [0.4, 0.5) is 0 Å². The molecule has 17 heavy (non-hydrogen) atoms. The summed E-state index contributed by atoms with van der Waals surface area (Å²) in [5, 5.41) is 8.79. The lowest BCUT2D eigenvalue weighted by Crippen LogP contribution is -2.30. The van der Waals surface area contributed by atoms with Crippen LogP contribution < -0.4 is 5.73 Å². The van der Waals surface area contributed by atoms with Crippen LogP contribution in [-0.4, -0.2) is 47.6 Å². The van der Waals surface area contributed by atoms with Crippen molar-refractivity contribution in [3.8, 4) is 11.8 Å². The molecule has 0 fully saturated rings. The molecule has 0 aliphatic carbocycles. The predicted molar refractivity (Wildman–Crippen MR) is 64.2 cm³/mol. The maximum atomic E-state index is 12.0. The van der Waals surface area contributed by atoms with Crippen molar-refractivity contribution in [1.82, 2.24) is 9.88 Å². The van der Waals surface area contributed by atoms with Gasteiger partial charge < -0.3 is 15.7 Å². The first kappa shape index (κ1) is 13.2. The summed E-state index contributed by atoms with van der Waals surface area (Å²) in [7, 11) is 1.62. The van der Waals surface area contributed by atoms with Crippen molar-refractivity contribution < 1.29 is 9.90 Å². The van der Waals surface area contributed by atoms with E-state index in [1.807, 2.05) is 0 Å². The van der Waals surface area contributed by atoms with Crippen LogP contribution in [0.2, 0.25) is 0 Å². The molecule has 0 atom stereocenters. The molecule has 0 spiro atoms. The summed E-state index contributed by atoms with van der Waals surface area (Å²) in [4.78, 5) is 17.4. The largest absolute Gasteiger partial charge is 0.395 e. The van der Waals surface area contributed by atoms with E-state index in [4.69, 9.17) is 10.8 Å². The topological polar surface area (TPSA) is 79.5 Å². The third-order valence-electron chi connectivity index (χ3n) is 2.16. The molecule has 0 aromatic carbocycles. The molecule has 0 unspecified atom stereocenters. The van der Waals surface area contributed by atoms with Crippen molar-refractivity contribution in [1.29, 1.82) is 0 Å². The van der Waals surface area contributed by atoms with Crippen LogP contribution in [0.1, 0.15) is 15.9 Å². The fourth-order valence-corrected chi connectivity index (χ4v) is 1.28. The van der Waals surface area contributed by atoms with E-state index in [-0.39, 0.29) is 25.6 Å². The van der Waals surface area contributed by atoms with Crippen LogP contribution in [0.15, 0.2) is 18.5 Å². The Morgan fingerprint density at radius 3 is 3.06 bits per heavy atom. The third-order valence-corrected chi connectivity index (χ3v) is 2.16. The number of carbonyl (C=O) groups is 1. The summed E-state index contributed by atoms with van der Waals surface area (Å²) in [6.07, 6.45) is 3.07. The predicted octanol–water partition coefficient (Wildman–Crippen LogP) is -0.544. The SMILES string of the molecule is CN(CCO)C(=O)c1ccncc1C#CCN. The minimum absolute atomic E-state index is 0.0723.